The minimum atomic E-state index is -0.170. The average molecular weight is 425 g/mol. The molecule has 4 rings (SSSR count). The number of hydrogen-bond acceptors (Lipinski definition) is 6. The number of Topliss-reactive ketones (excluding diaryl/α,β-unsaturated/α-hetero) is 1. The predicted octanol–water partition coefficient (Wildman–Crippen LogP) is 3.72. The van der Waals surface area contributed by atoms with E-state index >= 15 is 0 Å². The van der Waals surface area contributed by atoms with Gasteiger partial charge in [0.2, 0.25) is 0 Å². The maximum atomic E-state index is 13.3. The second-order valence-corrected chi connectivity index (χ2v) is 7.54. The van der Waals surface area contributed by atoms with Gasteiger partial charge in [-0.3, -0.25) is 14.6 Å². The van der Waals surface area contributed by atoms with E-state index in [-0.39, 0.29) is 11.7 Å². The average Bonchev–Trinajstić information content (AvgIpc) is 2.77. The van der Waals surface area contributed by atoms with Crippen molar-refractivity contribution >= 4 is 34.2 Å². The smallest absolute Gasteiger partial charge is 0.273 e. The number of halogens is 1. The molecule has 3 aromatic heterocycles. The highest BCUT2D eigenvalue weighted by Gasteiger charge is 2.25. The van der Waals surface area contributed by atoms with Crippen LogP contribution in [-0.2, 0) is 4.74 Å². The number of aromatic nitrogens is 3. The number of ketones is 1. The van der Waals surface area contributed by atoms with Crippen LogP contribution in [0.25, 0.3) is 22.0 Å². The number of pyridine rings is 3. The van der Waals surface area contributed by atoms with Crippen LogP contribution in [0, 0.1) is 6.92 Å². The Bertz CT molecular complexity index is 1140. The number of aryl methyl sites for hydroxylation is 1. The largest absolute Gasteiger partial charge is 0.378 e. The van der Waals surface area contributed by atoms with Gasteiger partial charge in [-0.15, -0.1) is 0 Å². The van der Waals surface area contributed by atoms with Crippen LogP contribution in [-0.4, -0.2) is 57.8 Å². The molecule has 1 aliphatic heterocycles. The van der Waals surface area contributed by atoms with E-state index in [1.807, 2.05) is 13.0 Å². The minimum Gasteiger partial charge on any atom is -0.378 e. The molecule has 1 amide bonds. The van der Waals surface area contributed by atoms with E-state index in [1.54, 1.807) is 36.4 Å². The fourth-order valence-corrected chi connectivity index (χ4v) is 3.65. The summed E-state index contributed by atoms with van der Waals surface area (Å²) in [7, 11) is 0. The molecule has 0 atom stereocenters. The molecule has 0 N–H and O–H groups in total. The number of carbonyl (C=O) groups is 2. The lowest BCUT2D eigenvalue weighted by Gasteiger charge is -2.27. The number of rotatable bonds is 4. The van der Waals surface area contributed by atoms with E-state index in [1.165, 1.54) is 0 Å². The molecule has 1 saturated heterocycles. The Balaban J connectivity index is 1.88. The molecule has 1 fully saturated rings. The Labute approximate surface area is 179 Å². The first-order valence-electron chi connectivity index (χ1n) is 9.81. The van der Waals surface area contributed by atoms with E-state index in [0.717, 1.165) is 16.5 Å². The third-order valence-corrected chi connectivity index (χ3v) is 5.38. The van der Waals surface area contributed by atoms with Gasteiger partial charge in [0.05, 0.1) is 18.7 Å². The Morgan fingerprint density at radius 2 is 1.87 bits per heavy atom. The molecule has 7 nitrogen and oxygen atoms in total. The van der Waals surface area contributed by atoms with Crippen LogP contribution in [0.2, 0.25) is 5.15 Å². The molecule has 1 aliphatic rings. The summed E-state index contributed by atoms with van der Waals surface area (Å²) in [5.74, 6) is -0.194. The molecular weight excluding hydrogens is 404 g/mol. The van der Waals surface area contributed by atoms with E-state index in [4.69, 9.17) is 16.3 Å². The first-order chi connectivity index (χ1) is 14.5. The van der Waals surface area contributed by atoms with Crippen molar-refractivity contribution in [2.24, 2.45) is 0 Å². The van der Waals surface area contributed by atoms with Gasteiger partial charge in [0, 0.05) is 54.5 Å². The number of ether oxygens (including phenoxy) is 1. The lowest BCUT2D eigenvalue weighted by molar-refractivity contribution is 0.0300. The van der Waals surface area contributed by atoms with Gasteiger partial charge < -0.3 is 9.64 Å². The zero-order valence-electron chi connectivity index (χ0n) is 16.8. The molecule has 3 aromatic rings. The van der Waals surface area contributed by atoms with Gasteiger partial charge in [0.1, 0.15) is 16.5 Å². The van der Waals surface area contributed by atoms with Crippen LogP contribution in [0.4, 0.5) is 0 Å². The SMILES string of the molecule is CCC(=O)c1cc(C)c(-c2cc3cnc(Cl)cc3nc2C(=O)N2CCOCC2)cn1. The Kier molecular flexibility index (Phi) is 5.74. The third kappa shape index (κ3) is 3.91. The summed E-state index contributed by atoms with van der Waals surface area (Å²) >= 11 is 6.04. The van der Waals surface area contributed by atoms with Crippen LogP contribution >= 0.6 is 11.6 Å². The molecule has 0 aromatic carbocycles. The molecule has 0 saturated carbocycles. The van der Waals surface area contributed by atoms with E-state index in [2.05, 4.69) is 15.0 Å². The lowest BCUT2D eigenvalue weighted by Crippen LogP contribution is -2.41. The van der Waals surface area contributed by atoms with Crippen molar-refractivity contribution in [1.29, 1.82) is 0 Å². The molecule has 0 aliphatic carbocycles. The van der Waals surface area contributed by atoms with Crippen LogP contribution in [0.5, 0.6) is 0 Å². The Hall–Kier alpha value is -2.90. The van der Waals surface area contributed by atoms with Gasteiger partial charge in [-0.1, -0.05) is 18.5 Å². The van der Waals surface area contributed by atoms with Crippen LogP contribution in [0.1, 0.15) is 39.9 Å². The molecule has 0 unspecified atom stereocenters. The summed E-state index contributed by atoms with van der Waals surface area (Å²) in [5, 5.41) is 1.08. The number of amides is 1. The molecule has 8 heteroatoms. The number of morpholine rings is 1. The first kappa shape index (κ1) is 20.4. The van der Waals surface area contributed by atoms with Crippen molar-refractivity contribution in [1.82, 2.24) is 19.9 Å². The molecule has 0 spiro atoms. The fraction of sp³-hybridized carbons (Fsp3) is 0.318. The lowest BCUT2D eigenvalue weighted by atomic mass is 9.97. The van der Waals surface area contributed by atoms with Gasteiger partial charge in [-0.05, 0) is 24.6 Å². The van der Waals surface area contributed by atoms with E-state index in [0.29, 0.717) is 60.3 Å². The maximum Gasteiger partial charge on any atom is 0.273 e. The molecule has 4 heterocycles. The van der Waals surface area contributed by atoms with Crippen LogP contribution < -0.4 is 0 Å². The van der Waals surface area contributed by atoms with Crippen molar-refractivity contribution < 1.29 is 14.3 Å². The van der Waals surface area contributed by atoms with Crippen molar-refractivity contribution in [3.63, 3.8) is 0 Å². The normalized spacial score (nSPS) is 14.2. The Morgan fingerprint density at radius 1 is 1.10 bits per heavy atom. The van der Waals surface area contributed by atoms with Gasteiger partial charge in [-0.2, -0.15) is 0 Å². The van der Waals surface area contributed by atoms with E-state index < -0.39 is 0 Å². The van der Waals surface area contributed by atoms with Crippen molar-refractivity contribution in [2.75, 3.05) is 26.3 Å². The minimum absolute atomic E-state index is 0.0234. The van der Waals surface area contributed by atoms with Gasteiger partial charge in [-0.25, -0.2) is 9.97 Å². The number of hydrogen-bond donors (Lipinski definition) is 0. The maximum absolute atomic E-state index is 13.3. The number of fused-ring (bicyclic) bond motifs is 1. The van der Waals surface area contributed by atoms with Crippen molar-refractivity contribution in [3.8, 4) is 11.1 Å². The summed E-state index contributed by atoms with van der Waals surface area (Å²) in [6.45, 7) is 5.72. The number of nitrogens with zero attached hydrogens (tertiary/aromatic N) is 4. The van der Waals surface area contributed by atoms with Gasteiger partial charge >= 0.3 is 0 Å². The highest BCUT2D eigenvalue weighted by atomic mass is 35.5. The Morgan fingerprint density at radius 3 is 2.57 bits per heavy atom. The highest BCUT2D eigenvalue weighted by molar-refractivity contribution is 6.30. The van der Waals surface area contributed by atoms with Crippen LogP contribution in [0.15, 0.2) is 30.6 Å². The first-order valence-corrected chi connectivity index (χ1v) is 10.2. The number of carbonyl (C=O) groups excluding carboxylic acids is 2. The van der Waals surface area contributed by atoms with Crippen molar-refractivity contribution in [2.45, 2.75) is 20.3 Å². The second kappa shape index (κ2) is 8.45. The molecular formula is C22H21ClN4O3. The summed E-state index contributed by atoms with van der Waals surface area (Å²) in [5.41, 5.74) is 3.60. The summed E-state index contributed by atoms with van der Waals surface area (Å²) in [4.78, 5) is 40.2. The zero-order valence-corrected chi connectivity index (χ0v) is 17.6. The zero-order chi connectivity index (χ0) is 21.3. The van der Waals surface area contributed by atoms with Crippen LogP contribution in [0.3, 0.4) is 0 Å². The summed E-state index contributed by atoms with van der Waals surface area (Å²) < 4.78 is 5.37. The molecule has 30 heavy (non-hydrogen) atoms. The quantitative estimate of drug-likeness (QED) is 0.468. The fourth-order valence-electron chi connectivity index (χ4n) is 3.50. The standard InChI is InChI=1S/C22H21ClN4O3/c1-3-19(28)18-8-13(2)16(12-24-18)15-9-14-11-25-20(23)10-17(14)26-21(15)22(29)27-4-6-30-7-5-27/h8-12H,3-7H2,1-2H3. The molecule has 0 radical (unpaired) electrons. The van der Waals surface area contributed by atoms with Gasteiger partial charge in [0.15, 0.2) is 5.78 Å². The topological polar surface area (TPSA) is 85.3 Å². The molecule has 0 bridgehead atoms. The van der Waals surface area contributed by atoms with Crippen molar-refractivity contribution in [3.05, 3.63) is 52.7 Å². The highest BCUT2D eigenvalue weighted by Crippen LogP contribution is 2.30. The predicted molar refractivity (Wildman–Crippen MR) is 114 cm³/mol. The van der Waals surface area contributed by atoms with E-state index in [9.17, 15) is 9.59 Å². The molecule has 154 valence electrons. The monoisotopic (exact) mass is 424 g/mol. The second-order valence-electron chi connectivity index (χ2n) is 7.15. The summed E-state index contributed by atoms with van der Waals surface area (Å²) in [6, 6.07) is 5.28. The third-order valence-electron chi connectivity index (χ3n) is 5.17. The van der Waals surface area contributed by atoms with Gasteiger partial charge in [0.25, 0.3) is 5.91 Å². The summed E-state index contributed by atoms with van der Waals surface area (Å²) in [6.07, 6.45) is 3.66.